The number of amides is 3. The van der Waals surface area contributed by atoms with Crippen molar-refractivity contribution in [2.45, 2.75) is 19.4 Å². The second-order valence-corrected chi connectivity index (χ2v) is 10.4. The van der Waals surface area contributed by atoms with Crippen LogP contribution < -0.4 is 21.7 Å². The van der Waals surface area contributed by atoms with Crippen molar-refractivity contribution in [3.8, 4) is 0 Å². The fraction of sp³-hybridized carbons (Fsp3) is 0.276. The summed E-state index contributed by atoms with van der Waals surface area (Å²) in [6.07, 6.45) is 1.97. The first-order valence-electron chi connectivity index (χ1n) is 12.6. The molecule has 3 aromatic rings. The summed E-state index contributed by atoms with van der Waals surface area (Å²) < 4.78 is 0.746. The molecule has 3 amide bonds. The summed E-state index contributed by atoms with van der Waals surface area (Å²) in [6, 6.07) is 22.2. The molecule has 8 nitrogen and oxygen atoms in total. The van der Waals surface area contributed by atoms with Crippen LogP contribution in [0.25, 0.3) is 0 Å². The molecular weight excluding hydrogens is 546 g/mol. The van der Waals surface area contributed by atoms with Gasteiger partial charge in [0, 0.05) is 34.5 Å². The average Bonchev–Trinajstić information content (AvgIpc) is 2.93. The van der Waals surface area contributed by atoms with E-state index in [1.165, 1.54) is 0 Å². The Kier molecular flexibility index (Phi) is 9.51. The summed E-state index contributed by atoms with van der Waals surface area (Å²) in [5.41, 5.74) is 9.12. The van der Waals surface area contributed by atoms with Crippen molar-refractivity contribution in [1.29, 1.82) is 0 Å². The van der Waals surface area contributed by atoms with Gasteiger partial charge in [-0.15, -0.1) is 0 Å². The third-order valence-corrected chi connectivity index (χ3v) is 7.11. The second kappa shape index (κ2) is 13.2. The Morgan fingerprint density at radius 2 is 1.61 bits per heavy atom. The summed E-state index contributed by atoms with van der Waals surface area (Å²) in [5, 5.41) is 8.46. The van der Waals surface area contributed by atoms with Gasteiger partial charge < -0.3 is 21.7 Å². The highest BCUT2D eigenvalue weighted by Gasteiger charge is 2.20. The Balaban J connectivity index is 1.14. The van der Waals surface area contributed by atoms with E-state index in [1.54, 1.807) is 18.2 Å². The molecule has 0 aliphatic carbocycles. The largest absolute Gasteiger partial charge is 0.398 e. The Morgan fingerprint density at radius 1 is 0.895 bits per heavy atom. The number of halogens is 1. The van der Waals surface area contributed by atoms with Gasteiger partial charge in [0.05, 0.1) is 12.1 Å². The van der Waals surface area contributed by atoms with E-state index in [9.17, 15) is 14.4 Å². The van der Waals surface area contributed by atoms with E-state index in [1.807, 2.05) is 54.6 Å². The Bertz CT molecular complexity index is 1260. The first kappa shape index (κ1) is 27.3. The molecule has 9 heteroatoms. The predicted octanol–water partition coefficient (Wildman–Crippen LogP) is 4.04. The van der Waals surface area contributed by atoms with E-state index < -0.39 is 0 Å². The number of carbonyl (C=O) groups is 3. The molecule has 0 bridgehead atoms. The number of benzene rings is 3. The van der Waals surface area contributed by atoms with Gasteiger partial charge >= 0.3 is 0 Å². The monoisotopic (exact) mass is 577 g/mol. The zero-order chi connectivity index (χ0) is 26.9. The van der Waals surface area contributed by atoms with Gasteiger partial charge in [0.2, 0.25) is 5.91 Å². The number of para-hydroxylation sites is 1. The zero-order valence-electron chi connectivity index (χ0n) is 21.1. The predicted molar refractivity (Wildman–Crippen MR) is 153 cm³/mol. The molecule has 1 saturated heterocycles. The Hall–Kier alpha value is -3.69. The van der Waals surface area contributed by atoms with Crippen molar-refractivity contribution < 1.29 is 14.4 Å². The molecule has 0 radical (unpaired) electrons. The minimum absolute atomic E-state index is 0.0942. The summed E-state index contributed by atoms with van der Waals surface area (Å²) in [5.74, 6) is -0.319. The summed E-state index contributed by atoms with van der Waals surface area (Å²) >= 11 is 3.32. The maximum Gasteiger partial charge on any atom is 0.255 e. The lowest BCUT2D eigenvalue weighted by molar-refractivity contribution is -0.120. The number of nitrogens with one attached hydrogen (secondary N) is 3. The molecule has 0 aromatic heterocycles. The average molecular weight is 579 g/mol. The number of nitrogens with two attached hydrogens (primary N) is 1. The normalized spacial score (nSPS) is 14.0. The van der Waals surface area contributed by atoms with Crippen molar-refractivity contribution in [3.63, 3.8) is 0 Å². The van der Waals surface area contributed by atoms with Gasteiger partial charge in [-0.2, -0.15) is 0 Å². The molecule has 0 spiro atoms. The number of carbonyl (C=O) groups excluding carboxylic acids is 3. The molecule has 1 aliphatic rings. The highest BCUT2D eigenvalue weighted by molar-refractivity contribution is 9.10. The first-order valence-corrected chi connectivity index (χ1v) is 13.4. The van der Waals surface area contributed by atoms with Crippen LogP contribution in [0.2, 0.25) is 0 Å². The first-order chi connectivity index (χ1) is 18.4. The summed E-state index contributed by atoms with van der Waals surface area (Å²) in [4.78, 5) is 39.4. The molecule has 1 heterocycles. The summed E-state index contributed by atoms with van der Waals surface area (Å²) in [7, 11) is 0. The van der Waals surface area contributed by atoms with E-state index in [4.69, 9.17) is 5.73 Å². The fourth-order valence-corrected chi connectivity index (χ4v) is 4.76. The molecule has 38 heavy (non-hydrogen) atoms. The third kappa shape index (κ3) is 7.90. The van der Waals surface area contributed by atoms with E-state index >= 15 is 0 Å². The fourth-order valence-electron chi connectivity index (χ4n) is 4.39. The lowest BCUT2D eigenvalue weighted by Crippen LogP contribution is -2.41. The number of anilines is 2. The Morgan fingerprint density at radius 3 is 2.32 bits per heavy atom. The number of likely N-dealkylation sites (tertiary alicyclic amines) is 1. The molecule has 3 aromatic carbocycles. The van der Waals surface area contributed by atoms with Crippen molar-refractivity contribution >= 4 is 45.0 Å². The van der Waals surface area contributed by atoms with Crippen molar-refractivity contribution in [1.82, 2.24) is 15.5 Å². The molecule has 0 unspecified atom stereocenters. The number of piperidine rings is 1. The molecule has 0 atom stereocenters. The van der Waals surface area contributed by atoms with Crippen molar-refractivity contribution in [2.24, 2.45) is 5.92 Å². The van der Waals surface area contributed by atoms with E-state index in [0.717, 1.165) is 48.2 Å². The van der Waals surface area contributed by atoms with Gasteiger partial charge in [-0.1, -0.05) is 46.3 Å². The maximum absolute atomic E-state index is 12.4. The topological polar surface area (TPSA) is 117 Å². The van der Waals surface area contributed by atoms with Gasteiger partial charge in [-0.3, -0.25) is 19.3 Å². The highest BCUT2D eigenvalue weighted by Crippen LogP contribution is 2.20. The quantitative estimate of drug-likeness (QED) is 0.286. The highest BCUT2D eigenvalue weighted by atomic mass is 79.9. The lowest BCUT2D eigenvalue weighted by atomic mass is 9.96. The smallest absolute Gasteiger partial charge is 0.255 e. The van der Waals surface area contributed by atoms with Crippen LogP contribution in [0.4, 0.5) is 11.4 Å². The minimum Gasteiger partial charge on any atom is -0.398 e. The number of nitrogens with zero attached hydrogens (tertiary/aromatic N) is 1. The minimum atomic E-state index is -0.378. The number of hydrogen-bond acceptors (Lipinski definition) is 5. The standard InChI is InChI=1S/C29H32BrN5O3/c30-23-10-11-26(31)25(16-23)29(38)33-18-27(36)32-17-20-12-14-35(15-13-20)19-21-6-8-22(9-7-21)28(37)34-24-4-2-1-3-5-24/h1-11,16,20H,12-15,17-19,31H2,(H,32,36)(H,33,38)(H,34,37). The molecular formula is C29H32BrN5O3. The molecule has 1 aliphatic heterocycles. The van der Waals surface area contributed by atoms with Crippen molar-refractivity contribution in [2.75, 3.05) is 37.2 Å². The van der Waals surface area contributed by atoms with Gasteiger partial charge in [-0.05, 0) is 79.9 Å². The zero-order valence-corrected chi connectivity index (χ0v) is 22.7. The van der Waals surface area contributed by atoms with Gasteiger partial charge in [-0.25, -0.2) is 0 Å². The van der Waals surface area contributed by atoms with Gasteiger partial charge in [0.15, 0.2) is 0 Å². The van der Waals surface area contributed by atoms with Crippen LogP contribution in [0.15, 0.2) is 77.3 Å². The SMILES string of the molecule is Nc1ccc(Br)cc1C(=O)NCC(=O)NCC1CCN(Cc2ccc(C(=O)Nc3ccccc3)cc2)CC1. The van der Waals surface area contributed by atoms with Gasteiger partial charge in [0.1, 0.15) is 0 Å². The maximum atomic E-state index is 12.4. The molecule has 0 saturated carbocycles. The lowest BCUT2D eigenvalue weighted by Gasteiger charge is -2.32. The molecule has 5 N–H and O–H groups in total. The van der Waals surface area contributed by atoms with E-state index in [0.29, 0.717) is 29.3 Å². The van der Waals surface area contributed by atoms with Gasteiger partial charge in [0.25, 0.3) is 11.8 Å². The van der Waals surface area contributed by atoms with Crippen LogP contribution in [0, 0.1) is 5.92 Å². The van der Waals surface area contributed by atoms with E-state index in [2.05, 4.69) is 36.8 Å². The number of hydrogen-bond donors (Lipinski definition) is 4. The third-order valence-electron chi connectivity index (χ3n) is 6.62. The molecule has 1 fully saturated rings. The van der Waals surface area contributed by atoms with Crippen LogP contribution in [-0.4, -0.2) is 48.8 Å². The van der Waals surface area contributed by atoms with Crippen LogP contribution >= 0.6 is 15.9 Å². The van der Waals surface area contributed by atoms with Crippen LogP contribution in [-0.2, 0) is 11.3 Å². The van der Waals surface area contributed by atoms with Crippen molar-refractivity contribution in [3.05, 3.63) is 94.0 Å². The van der Waals surface area contributed by atoms with Crippen LogP contribution in [0.3, 0.4) is 0 Å². The summed E-state index contributed by atoms with van der Waals surface area (Å²) in [6.45, 7) is 3.20. The number of nitrogen functional groups attached to an aromatic ring is 1. The molecule has 4 rings (SSSR count). The molecule has 198 valence electrons. The van der Waals surface area contributed by atoms with Crippen LogP contribution in [0.5, 0.6) is 0 Å². The van der Waals surface area contributed by atoms with Crippen LogP contribution in [0.1, 0.15) is 39.1 Å². The second-order valence-electron chi connectivity index (χ2n) is 9.45. The Labute approximate surface area is 231 Å². The van der Waals surface area contributed by atoms with E-state index in [-0.39, 0.29) is 24.3 Å². The number of rotatable bonds is 9.